The second kappa shape index (κ2) is 8.24. The Morgan fingerprint density at radius 1 is 1.15 bits per heavy atom. The normalized spacial score (nSPS) is 11.8. The van der Waals surface area contributed by atoms with Gasteiger partial charge in [0.05, 0.1) is 17.5 Å². The first-order valence-electron chi connectivity index (χ1n) is 8.05. The van der Waals surface area contributed by atoms with Gasteiger partial charge in [-0.05, 0) is 26.8 Å². The molecule has 0 saturated heterocycles. The summed E-state index contributed by atoms with van der Waals surface area (Å²) in [5, 5.41) is 11.7. The van der Waals surface area contributed by atoms with Gasteiger partial charge in [0.2, 0.25) is 0 Å². The first-order valence-corrected chi connectivity index (χ1v) is 8.05. The number of rotatable bonds is 5. The minimum Gasteiger partial charge on any atom is -0.452 e. The summed E-state index contributed by atoms with van der Waals surface area (Å²) in [5.74, 6) is -1.45. The highest BCUT2D eigenvalue weighted by Gasteiger charge is 2.21. The number of benzene rings is 1. The summed E-state index contributed by atoms with van der Waals surface area (Å²) < 4.78 is 5.04. The lowest BCUT2D eigenvalue weighted by Gasteiger charge is -2.14. The third-order valence-electron chi connectivity index (χ3n) is 3.42. The standard InChI is InChI=1S/C17H20N4O5/c1-9(2)18-17(25)19-15(23)10(3)26-14(22)8-13-11-6-4-5-7-12(11)16(24)21-20-13/h4-7,9-10H,8H2,1-3H3,(H,21,24)(H2,18,19,23,25)/t10-/m0/s1. The van der Waals surface area contributed by atoms with Crippen molar-refractivity contribution in [3.63, 3.8) is 0 Å². The quantitative estimate of drug-likeness (QED) is 0.671. The molecular weight excluding hydrogens is 340 g/mol. The van der Waals surface area contributed by atoms with E-state index in [0.29, 0.717) is 16.5 Å². The van der Waals surface area contributed by atoms with E-state index in [1.165, 1.54) is 6.92 Å². The maximum Gasteiger partial charge on any atom is 0.321 e. The predicted octanol–water partition coefficient (Wildman–Crippen LogP) is 0.632. The van der Waals surface area contributed by atoms with Crippen LogP contribution in [0.25, 0.3) is 10.8 Å². The SMILES string of the molecule is CC(C)NC(=O)NC(=O)[C@H](C)OC(=O)Cc1n[nH]c(=O)c2ccccc12. The largest absolute Gasteiger partial charge is 0.452 e. The molecule has 9 heteroatoms. The molecule has 1 heterocycles. The molecule has 0 fully saturated rings. The number of hydrogen-bond acceptors (Lipinski definition) is 6. The maximum absolute atomic E-state index is 12.1. The van der Waals surface area contributed by atoms with Gasteiger partial charge < -0.3 is 10.1 Å². The molecule has 2 aromatic rings. The molecule has 1 aromatic heterocycles. The Hall–Kier alpha value is -3.23. The van der Waals surface area contributed by atoms with Crippen molar-refractivity contribution >= 4 is 28.7 Å². The van der Waals surface area contributed by atoms with Crippen molar-refractivity contribution in [1.29, 1.82) is 0 Å². The van der Waals surface area contributed by atoms with E-state index in [2.05, 4.69) is 20.8 Å². The number of imide groups is 1. The molecule has 0 aliphatic rings. The highest BCUT2D eigenvalue weighted by Crippen LogP contribution is 2.13. The van der Waals surface area contributed by atoms with Crippen LogP contribution in [0.2, 0.25) is 0 Å². The van der Waals surface area contributed by atoms with Gasteiger partial charge in [0.15, 0.2) is 6.10 Å². The van der Waals surface area contributed by atoms with Gasteiger partial charge in [-0.25, -0.2) is 9.89 Å². The third kappa shape index (κ3) is 4.88. The van der Waals surface area contributed by atoms with E-state index in [-0.39, 0.29) is 18.0 Å². The van der Waals surface area contributed by atoms with Crippen LogP contribution in [0.15, 0.2) is 29.1 Å². The molecular formula is C17H20N4O5. The van der Waals surface area contributed by atoms with Crippen LogP contribution in [0.5, 0.6) is 0 Å². The number of amides is 3. The number of ether oxygens (including phenoxy) is 1. The van der Waals surface area contributed by atoms with Gasteiger partial charge in [-0.2, -0.15) is 5.10 Å². The predicted molar refractivity (Wildman–Crippen MR) is 93.4 cm³/mol. The van der Waals surface area contributed by atoms with Crippen molar-refractivity contribution in [1.82, 2.24) is 20.8 Å². The highest BCUT2D eigenvalue weighted by molar-refractivity contribution is 5.97. The lowest BCUT2D eigenvalue weighted by molar-refractivity contribution is -0.153. The zero-order chi connectivity index (χ0) is 19.3. The Labute approximate surface area is 149 Å². The monoisotopic (exact) mass is 360 g/mol. The average molecular weight is 360 g/mol. The van der Waals surface area contributed by atoms with Crippen molar-refractivity contribution < 1.29 is 19.1 Å². The minimum atomic E-state index is -1.16. The van der Waals surface area contributed by atoms with Crippen LogP contribution >= 0.6 is 0 Å². The lowest BCUT2D eigenvalue weighted by Crippen LogP contribution is -2.46. The molecule has 1 atom stereocenters. The second-order valence-corrected chi connectivity index (χ2v) is 5.97. The van der Waals surface area contributed by atoms with Gasteiger partial charge in [-0.1, -0.05) is 18.2 Å². The molecule has 0 aliphatic heterocycles. The van der Waals surface area contributed by atoms with E-state index < -0.39 is 24.0 Å². The average Bonchev–Trinajstić information content (AvgIpc) is 2.56. The fraction of sp³-hybridized carbons (Fsp3) is 0.353. The zero-order valence-corrected chi connectivity index (χ0v) is 14.7. The summed E-state index contributed by atoms with van der Waals surface area (Å²) >= 11 is 0. The van der Waals surface area contributed by atoms with E-state index in [0.717, 1.165) is 0 Å². The Kier molecular flexibility index (Phi) is 6.05. The number of fused-ring (bicyclic) bond motifs is 1. The van der Waals surface area contributed by atoms with Crippen molar-refractivity contribution in [2.24, 2.45) is 0 Å². The Bertz CT molecular complexity index is 890. The summed E-state index contributed by atoms with van der Waals surface area (Å²) in [4.78, 5) is 47.2. The van der Waals surface area contributed by atoms with E-state index in [4.69, 9.17) is 4.74 Å². The number of urea groups is 1. The van der Waals surface area contributed by atoms with Gasteiger partial charge >= 0.3 is 12.0 Å². The van der Waals surface area contributed by atoms with Crippen LogP contribution in [-0.4, -0.2) is 40.3 Å². The van der Waals surface area contributed by atoms with Crippen LogP contribution in [0.1, 0.15) is 26.5 Å². The van der Waals surface area contributed by atoms with Gasteiger partial charge in [0.25, 0.3) is 11.5 Å². The first-order chi connectivity index (χ1) is 12.3. The highest BCUT2D eigenvalue weighted by atomic mass is 16.5. The smallest absolute Gasteiger partial charge is 0.321 e. The van der Waals surface area contributed by atoms with Crippen molar-refractivity contribution in [2.75, 3.05) is 0 Å². The van der Waals surface area contributed by atoms with Crippen LogP contribution in [0.3, 0.4) is 0 Å². The molecule has 3 amide bonds. The van der Waals surface area contributed by atoms with E-state index >= 15 is 0 Å². The van der Waals surface area contributed by atoms with Crippen molar-refractivity contribution in [3.05, 3.63) is 40.3 Å². The molecule has 0 aliphatic carbocycles. The fourth-order valence-electron chi connectivity index (χ4n) is 2.25. The number of esters is 1. The minimum absolute atomic E-state index is 0.139. The van der Waals surface area contributed by atoms with Crippen LogP contribution in [0, 0.1) is 0 Å². The molecule has 3 N–H and O–H groups in total. The van der Waals surface area contributed by atoms with E-state index in [1.807, 2.05) is 0 Å². The molecule has 26 heavy (non-hydrogen) atoms. The van der Waals surface area contributed by atoms with Gasteiger partial charge in [0, 0.05) is 11.4 Å². The topological polar surface area (TPSA) is 130 Å². The zero-order valence-electron chi connectivity index (χ0n) is 14.7. The number of aromatic amines is 1. The molecule has 0 unspecified atom stereocenters. The van der Waals surface area contributed by atoms with Crippen LogP contribution in [-0.2, 0) is 20.7 Å². The van der Waals surface area contributed by atoms with Gasteiger partial charge in [0.1, 0.15) is 0 Å². The molecule has 2 rings (SSSR count). The summed E-state index contributed by atoms with van der Waals surface area (Å²) in [6.45, 7) is 4.85. The number of carbonyl (C=O) groups excluding carboxylic acids is 3. The molecule has 1 aromatic carbocycles. The summed E-state index contributed by atoms with van der Waals surface area (Å²) in [6, 6.07) is 5.91. The fourth-order valence-corrected chi connectivity index (χ4v) is 2.25. The maximum atomic E-state index is 12.1. The Balaban J connectivity index is 2.01. The lowest BCUT2D eigenvalue weighted by atomic mass is 10.1. The summed E-state index contributed by atoms with van der Waals surface area (Å²) in [5.41, 5.74) is -0.0306. The molecule has 0 radical (unpaired) electrons. The number of nitrogens with one attached hydrogen (secondary N) is 3. The van der Waals surface area contributed by atoms with Gasteiger partial charge in [-0.15, -0.1) is 0 Å². The molecule has 138 valence electrons. The molecule has 0 spiro atoms. The number of carbonyl (C=O) groups is 3. The van der Waals surface area contributed by atoms with Crippen molar-refractivity contribution in [3.8, 4) is 0 Å². The number of hydrogen-bond donors (Lipinski definition) is 3. The number of nitrogens with zero attached hydrogens (tertiary/aromatic N) is 1. The third-order valence-corrected chi connectivity index (χ3v) is 3.42. The molecule has 0 bridgehead atoms. The number of aromatic nitrogens is 2. The first kappa shape index (κ1) is 19.1. The van der Waals surface area contributed by atoms with E-state index in [9.17, 15) is 19.2 Å². The molecule has 9 nitrogen and oxygen atoms in total. The number of H-pyrrole nitrogens is 1. The van der Waals surface area contributed by atoms with Crippen LogP contribution in [0.4, 0.5) is 4.79 Å². The Morgan fingerprint density at radius 2 is 1.81 bits per heavy atom. The van der Waals surface area contributed by atoms with Crippen molar-refractivity contribution in [2.45, 2.75) is 39.3 Å². The second-order valence-electron chi connectivity index (χ2n) is 5.97. The van der Waals surface area contributed by atoms with Gasteiger partial charge in [-0.3, -0.25) is 19.7 Å². The Morgan fingerprint density at radius 3 is 2.46 bits per heavy atom. The van der Waals surface area contributed by atoms with Crippen LogP contribution < -0.4 is 16.2 Å². The summed E-state index contributed by atoms with van der Waals surface area (Å²) in [7, 11) is 0. The van der Waals surface area contributed by atoms with E-state index in [1.54, 1.807) is 38.1 Å². The summed E-state index contributed by atoms with van der Waals surface area (Å²) in [6.07, 6.45) is -1.39. The molecule has 0 saturated carbocycles.